The lowest BCUT2D eigenvalue weighted by Crippen LogP contribution is -2.56. The molecule has 1 aliphatic rings. The molecule has 7 heteroatoms. The van der Waals surface area contributed by atoms with Crippen molar-refractivity contribution in [1.29, 1.82) is 0 Å². The van der Waals surface area contributed by atoms with Crippen molar-refractivity contribution in [3.63, 3.8) is 0 Å². The molecule has 1 fully saturated rings. The van der Waals surface area contributed by atoms with Crippen molar-refractivity contribution in [3.05, 3.63) is 28.2 Å². The van der Waals surface area contributed by atoms with Crippen molar-refractivity contribution >= 4 is 33.6 Å². The average Bonchev–Trinajstić information content (AvgIpc) is 2.40. The number of halogens is 1. The summed E-state index contributed by atoms with van der Waals surface area (Å²) in [6.45, 7) is 5.19. The Morgan fingerprint density at radius 3 is 2.76 bits per heavy atom. The molecule has 0 unspecified atom stereocenters. The zero-order valence-corrected chi connectivity index (χ0v) is 13.4. The summed E-state index contributed by atoms with van der Waals surface area (Å²) in [6, 6.07) is 4.42. The molecule has 2 amide bonds. The van der Waals surface area contributed by atoms with E-state index in [4.69, 9.17) is 4.74 Å². The van der Waals surface area contributed by atoms with Gasteiger partial charge < -0.3 is 20.1 Å². The molecule has 0 radical (unpaired) electrons. The average molecular weight is 357 g/mol. The van der Waals surface area contributed by atoms with E-state index < -0.39 is 11.5 Å². The third kappa shape index (κ3) is 3.36. The van der Waals surface area contributed by atoms with Crippen LogP contribution in [-0.4, -0.2) is 47.3 Å². The molecule has 6 nitrogen and oxygen atoms in total. The van der Waals surface area contributed by atoms with Gasteiger partial charge in [-0.1, -0.05) is 6.07 Å². The van der Waals surface area contributed by atoms with Crippen LogP contribution in [0.15, 0.2) is 22.7 Å². The van der Waals surface area contributed by atoms with E-state index in [1.54, 1.807) is 17.0 Å². The third-order valence-electron chi connectivity index (χ3n) is 3.37. The Balaban J connectivity index is 2.26. The van der Waals surface area contributed by atoms with E-state index in [1.807, 2.05) is 13.8 Å². The van der Waals surface area contributed by atoms with Gasteiger partial charge in [-0.25, -0.2) is 9.59 Å². The molecule has 1 heterocycles. The summed E-state index contributed by atoms with van der Waals surface area (Å²) in [5.41, 5.74) is -0.131. The third-order valence-corrected chi connectivity index (χ3v) is 4.03. The summed E-state index contributed by atoms with van der Waals surface area (Å²) in [5.74, 6) is -1.09. The van der Waals surface area contributed by atoms with Crippen LogP contribution in [0.25, 0.3) is 0 Å². The van der Waals surface area contributed by atoms with Crippen LogP contribution in [0.2, 0.25) is 0 Å². The number of para-hydroxylation sites is 1. The Morgan fingerprint density at radius 1 is 1.43 bits per heavy atom. The van der Waals surface area contributed by atoms with Gasteiger partial charge in [-0.05, 0) is 41.9 Å². The highest BCUT2D eigenvalue weighted by Crippen LogP contribution is 2.28. The normalized spacial score (nSPS) is 17.4. The van der Waals surface area contributed by atoms with Gasteiger partial charge in [-0.3, -0.25) is 0 Å². The van der Waals surface area contributed by atoms with Gasteiger partial charge in [0.05, 0.1) is 30.0 Å². The van der Waals surface area contributed by atoms with Crippen LogP contribution in [0.4, 0.5) is 10.5 Å². The number of rotatable bonds is 2. The van der Waals surface area contributed by atoms with Crippen LogP contribution < -0.4 is 5.32 Å². The quantitative estimate of drug-likeness (QED) is 0.853. The van der Waals surface area contributed by atoms with Gasteiger partial charge in [0.25, 0.3) is 0 Å². The van der Waals surface area contributed by atoms with Crippen molar-refractivity contribution in [2.24, 2.45) is 0 Å². The van der Waals surface area contributed by atoms with Gasteiger partial charge in [0, 0.05) is 11.0 Å². The van der Waals surface area contributed by atoms with E-state index >= 15 is 0 Å². The molecule has 2 rings (SSSR count). The highest BCUT2D eigenvalue weighted by Gasteiger charge is 2.34. The number of benzene rings is 1. The molecular formula is C14H17BrN2O4. The topological polar surface area (TPSA) is 78.9 Å². The van der Waals surface area contributed by atoms with Crippen LogP contribution in [0.5, 0.6) is 0 Å². The first kappa shape index (κ1) is 15.8. The summed E-state index contributed by atoms with van der Waals surface area (Å²) in [6.07, 6.45) is 0. The van der Waals surface area contributed by atoms with Crippen LogP contribution in [0.1, 0.15) is 24.2 Å². The molecule has 1 saturated heterocycles. The molecule has 1 aliphatic heterocycles. The van der Waals surface area contributed by atoms with Crippen LogP contribution >= 0.6 is 15.9 Å². The first-order chi connectivity index (χ1) is 9.83. The first-order valence-electron chi connectivity index (χ1n) is 6.51. The van der Waals surface area contributed by atoms with E-state index in [2.05, 4.69) is 21.2 Å². The van der Waals surface area contributed by atoms with E-state index in [-0.39, 0.29) is 17.3 Å². The Labute approximate surface area is 131 Å². The number of ether oxygens (including phenoxy) is 1. The minimum atomic E-state index is -1.09. The Morgan fingerprint density at radius 2 is 2.14 bits per heavy atom. The lowest BCUT2D eigenvalue weighted by Gasteiger charge is -2.41. The van der Waals surface area contributed by atoms with Crippen LogP contribution in [0, 0.1) is 0 Å². The smallest absolute Gasteiger partial charge is 0.337 e. The van der Waals surface area contributed by atoms with Crippen molar-refractivity contribution in [2.75, 3.05) is 25.1 Å². The Kier molecular flexibility index (Phi) is 4.53. The van der Waals surface area contributed by atoms with Crippen molar-refractivity contribution < 1.29 is 19.4 Å². The van der Waals surface area contributed by atoms with Crippen LogP contribution in [-0.2, 0) is 4.74 Å². The summed E-state index contributed by atoms with van der Waals surface area (Å²) in [4.78, 5) is 25.4. The second kappa shape index (κ2) is 6.03. The number of amides is 2. The number of carbonyl (C=O) groups is 2. The predicted molar refractivity (Wildman–Crippen MR) is 81.7 cm³/mol. The molecule has 2 N–H and O–H groups in total. The van der Waals surface area contributed by atoms with Gasteiger partial charge in [0.2, 0.25) is 0 Å². The fraction of sp³-hybridized carbons (Fsp3) is 0.429. The summed E-state index contributed by atoms with van der Waals surface area (Å²) < 4.78 is 5.91. The molecule has 0 aliphatic carbocycles. The lowest BCUT2D eigenvalue weighted by atomic mass is 10.0. The van der Waals surface area contributed by atoms with E-state index in [1.165, 1.54) is 6.07 Å². The van der Waals surface area contributed by atoms with Gasteiger partial charge in [-0.15, -0.1) is 0 Å². The minimum Gasteiger partial charge on any atom is -0.478 e. The number of aromatic carboxylic acids is 1. The molecule has 114 valence electrons. The molecule has 0 bridgehead atoms. The van der Waals surface area contributed by atoms with Crippen molar-refractivity contribution in [1.82, 2.24) is 4.90 Å². The fourth-order valence-corrected chi connectivity index (χ4v) is 2.70. The number of carboxylic acid groups (broad SMARTS) is 1. The number of anilines is 1. The number of carboxylic acids is 1. The SMILES string of the molecule is CC1(C)COCCN1C(=O)Nc1c(Br)cccc1C(=O)O. The highest BCUT2D eigenvalue weighted by atomic mass is 79.9. The molecule has 21 heavy (non-hydrogen) atoms. The molecule has 0 atom stereocenters. The van der Waals surface area contributed by atoms with Crippen LogP contribution in [0.3, 0.4) is 0 Å². The summed E-state index contributed by atoms with van der Waals surface area (Å²) in [5, 5.41) is 11.9. The summed E-state index contributed by atoms with van der Waals surface area (Å²) in [7, 11) is 0. The number of carbonyl (C=O) groups excluding carboxylic acids is 1. The molecule has 0 aromatic heterocycles. The standard InChI is InChI=1S/C14H17BrN2O4/c1-14(2)8-21-7-6-17(14)13(20)16-11-9(12(18)19)4-3-5-10(11)15/h3-5H,6-8H2,1-2H3,(H,16,20)(H,18,19). The molecule has 1 aromatic carbocycles. The van der Waals surface area contributed by atoms with Crippen molar-refractivity contribution in [3.8, 4) is 0 Å². The van der Waals surface area contributed by atoms with Gasteiger partial charge in [0.1, 0.15) is 0 Å². The fourth-order valence-electron chi connectivity index (χ4n) is 2.24. The number of nitrogens with one attached hydrogen (secondary N) is 1. The number of hydrogen-bond donors (Lipinski definition) is 2. The first-order valence-corrected chi connectivity index (χ1v) is 7.30. The molecular weight excluding hydrogens is 340 g/mol. The number of hydrogen-bond acceptors (Lipinski definition) is 3. The molecule has 0 spiro atoms. The maximum atomic E-state index is 12.5. The number of urea groups is 1. The van der Waals surface area contributed by atoms with Crippen molar-refractivity contribution in [2.45, 2.75) is 19.4 Å². The minimum absolute atomic E-state index is 0.0452. The van der Waals surface area contributed by atoms with Gasteiger partial charge in [-0.2, -0.15) is 0 Å². The highest BCUT2D eigenvalue weighted by molar-refractivity contribution is 9.10. The second-order valence-electron chi connectivity index (χ2n) is 5.41. The molecule has 1 aromatic rings. The van der Waals surface area contributed by atoms with E-state index in [9.17, 15) is 14.7 Å². The Bertz CT molecular complexity index is 574. The monoisotopic (exact) mass is 356 g/mol. The van der Waals surface area contributed by atoms with Gasteiger partial charge in [0.15, 0.2) is 0 Å². The maximum Gasteiger partial charge on any atom is 0.337 e. The predicted octanol–water partition coefficient (Wildman–Crippen LogP) is 2.79. The lowest BCUT2D eigenvalue weighted by molar-refractivity contribution is -0.0249. The second-order valence-corrected chi connectivity index (χ2v) is 6.27. The Hall–Kier alpha value is -1.60. The van der Waals surface area contributed by atoms with E-state index in [0.29, 0.717) is 24.2 Å². The maximum absolute atomic E-state index is 12.5. The zero-order valence-electron chi connectivity index (χ0n) is 11.9. The number of nitrogens with zero attached hydrogens (tertiary/aromatic N) is 1. The van der Waals surface area contributed by atoms with E-state index in [0.717, 1.165) is 0 Å². The zero-order chi connectivity index (χ0) is 15.6. The molecule has 0 saturated carbocycles. The number of morpholine rings is 1. The summed E-state index contributed by atoms with van der Waals surface area (Å²) >= 11 is 3.28. The van der Waals surface area contributed by atoms with Gasteiger partial charge >= 0.3 is 12.0 Å². The largest absolute Gasteiger partial charge is 0.478 e.